The van der Waals surface area contributed by atoms with Gasteiger partial charge in [0.05, 0.1) is 31.1 Å². The number of aromatic nitrogens is 3. The Morgan fingerprint density at radius 2 is 1.95 bits per heavy atom. The maximum absolute atomic E-state index is 14.6. The van der Waals surface area contributed by atoms with E-state index in [4.69, 9.17) is 9.47 Å². The molecule has 0 amide bonds. The summed E-state index contributed by atoms with van der Waals surface area (Å²) in [6.07, 6.45) is -1.17. The van der Waals surface area contributed by atoms with Gasteiger partial charge in [0, 0.05) is 36.2 Å². The Balaban J connectivity index is 1.51. The fourth-order valence-corrected chi connectivity index (χ4v) is 4.30. The number of carbonyl (C=O) groups is 1. The number of hydrogen-bond acceptors (Lipinski definition) is 6. The normalized spacial score (nSPS) is 13.5. The molecule has 7 nitrogen and oxygen atoms in total. The molecule has 11 heteroatoms. The third kappa shape index (κ3) is 6.13. The van der Waals surface area contributed by atoms with Crippen LogP contribution in [0.25, 0.3) is 16.9 Å². The largest absolute Gasteiger partial charge is 0.497 e. The zero-order valence-corrected chi connectivity index (χ0v) is 21.3. The minimum atomic E-state index is -4.35. The third-order valence-corrected chi connectivity index (χ3v) is 6.52. The van der Waals surface area contributed by atoms with Crippen molar-refractivity contribution in [2.45, 2.75) is 38.8 Å². The maximum Gasteiger partial charge on any atom is 0.390 e. The molecule has 1 N–H and O–H groups in total. The minimum absolute atomic E-state index is 0.0618. The summed E-state index contributed by atoms with van der Waals surface area (Å²) in [5.41, 5.74) is 3.17. The van der Waals surface area contributed by atoms with Crippen molar-refractivity contribution in [1.29, 1.82) is 0 Å². The number of ketones is 1. The molecule has 0 aliphatic heterocycles. The zero-order chi connectivity index (χ0) is 27.7. The van der Waals surface area contributed by atoms with Crippen molar-refractivity contribution in [3.05, 3.63) is 65.6 Å². The standard InChI is InChI=1S/C28H26F4N4O3/c1-16-11-18(5-7-20(16)24(37)12-17-3-4-17)23-15-34-27-22(33-10-9-28(30,31)32)14-26(35-36(23)27)39-25-8-6-19(38-2)13-21(25)29/h5-8,11,13-15,17,33H,3-4,9-10,12H2,1-2H3. The molecule has 39 heavy (non-hydrogen) atoms. The Labute approximate surface area is 221 Å². The predicted octanol–water partition coefficient (Wildman–Crippen LogP) is 6.99. The van der Waals surface area contributed by atoms with Crippen molar-refractivity contribution < 1.29 is 31.8 Å². The molecule has 0 radical (unpaired) electrons. The highest BCUT2D eigenvalue weighted by molar-refractivity contribution is 5.98. The van der Waals surface area contributed by atoms with E-state index in [1.807, 2.05) is 13.0 Å². The van der Waals surface area contributed by atoms with Crippen LogP contribution in [0.4, 0.5) is 23.2 Å². The quantitative estimate of drug-likeness (QED) is 0.172. The van der Waals surface area contributed by atoms with Crippen molar-refractivity contribution in [2.75, 3.05) is 19.0 Å². The number of imidazole rings is 1. The highest BCUT2D eigenvalue weighted by Gasteiger charge is 2.27. The van der Waals surface area contributed by atoms with Crippen molar-refractivity contribution in [2.24, 2.45) is 5.92 Å². The van der Waals surface area contributed by atoms with E-state index in [9.17, 15) is 22.4 Å². The summed E-state index contributed by atoms with van der Waals surface area (Å²) in [5.74, 6) is -0.0315. The van der Waals surface area contributed by atoms with Gasteiger partial charge in [0.25, 0.3) is 0 Å². The Bertz CT molecular complexity index is 1530. The van der Waals surface area contributed by atoms with Gasteiger partial charge >= 0.3 is 6.18 Å². The predicted molar refractivity (Wildman–Crippen MR) is 137 cm³/mol. The summed E-state index contributed by atoms with van der Waals surface area (Å²) < 4.78 is 65.1. The van der Waals surface area contributed by atoms with Crippen molar-refractivity contribution >= 4 is 17.1 Å². The summed E-state index contributed by atoms with van der Waals surface area (Å²) in [7, 11) is 1.40. The highest BCUT2D eigenvalue weighted by atomic mass is 19.4. The minimum Gasteiger partial charge on any atom is -0.497 e. The summed E-state index contributed by atoms with van der Waals surface area (Å²) in [6, 6.07) is 10.8. The van der Waals surface area contributed by atoms with Crippen LogP contribution in [0.2, 0.25) is 0 Å². The number of rotatable bonds is 10. The Morgan fingerprint density at radius 1 is 1.15 bits per heavy atom. The molecular weight excluding hydrogens is 516 g/mol. The number of alkyl halides is 3. The molecule has 0 spiro atoms. The van der Waals surface area contributed by atoms with Gasteiger partial charge in [0.1, 0.15) is 5.75 Å². The fourth-order valence-electron chi connectivity index (χ4n) is 4.30. The van der Waals surface area contributed by atoms with E-state index in [0.29, 0.717) is 34.9 Å². The van der Waals surface area contributed by atoms with Gasteiger partial charge in [-0.25, -0.2) is 13.9 Å². The average molecular weight is 543 g/mol. The van der Waals surface area contributed by atoms with Crippen LogP contribution in [0, 0.1) is 18.7 Å². The second kappa shape index (κ2) is 10.5. The molecule has 1 aliphatic rings. The number of benzene rings is 2. The fraction of sp³-hybridized carbons (Fsp3) is 0.321. The van der Waals surface area contributed by atoms with Gasteiger partial charge in [-0.2, -0.15) is 13.2 Å². The number of ether oxygens (including phenoxy) is 2. The van der Waals surface area contributed by atoms with E-state index in [-0.39, 0.29) is 28.7 Å². The molecule has 2 aromatic carbocycles. The summed E-state index contributed by atoms with van der Waals surface area (Å²) in [5, 5.41) is 7.19. The van der Waals surface area contributed by atoms with Crippen molar-refractivity contribution in [3.63, 3.8) is 0 Å². The van der Waals surface area contributed by atoms with Gasteiger partial charge in [-0.15, -0.1) is 5.10 Å². The summed E-state index contributed by atoms with van der Waals surface area (Å²) in [4.78, 5) is 17.0. The van der Waals surface area contributed by atoms with E-state index >= 15 is 0 Å². The molecule has 2 aromatic heterocycles. The van der Waals surface area contributed by atoms with E-state index in [0.717, 1.165) is 24.5 Å². The number of anilines is 1. The van der Waals surface area contributed by atoms with Gasteiger partial charge in [0.2, 0.25) is 5.88 Å². The second-order valence-corrected chi connectivity index (χ2v) is 9.57. The lowest BCUT2D eigenvalue weighted by Gasteiger charge is -2.13. The van der Waals surface area contributed by atoms with Gasteiger partial charge < -0.3 is 14.8 Å². The summed E-state index contributed by atoms with van der Waals surface area (Å²) in [6.45, 7) is 1.45. The number of nitrogens with zero attached hydrogens (tertiary/aromatic N) is 3. The van der Waals surface area contributed by atoms with Crippen LogP contribution in [0.5, 0.6) is 17.4 Å². The Hall–Kier alpha value is -4.15. The van der Waals surface area contributed by atoms with E-state index in [1.54, 1.807) is 12.1 Å². The van der Waals surface area contributed by atoms with Crippen LogP contribution in [-0.4, -0.2) is 40.2 Å². The lowest BCUT2D eigenvalue weighted by atomic mass is 9.98. The molecule has 0 saturated heterocycles. The van der Waals surface area contributed by atoms with Gasteiger partial charge in [-0.1, -0.05) is 12.1 Å². The van der Waals surface area contributed by atoms with E-state index in [2.05, 4.69) is 15.4 Å². The van der Waals surface area contributed by atoms with Crippen molar-refractivity contribution in [3.8, 4) is 28.6 Å². The number of fused-ring (bicyclic) bond motifs is 1. The number of aryl methyl sites for hydroxylation is 1. The first-order valence-electron chi connectivity index (χ1n) is 12.5. The smallest absolute Gasteiger partial charge is 0.390 e. The van der Waals surface area contributed by atoms with Gasteiger partial charge in [-0.05, 0) is 49.4 Å². The van der Waals surface area contributed by atoms with Crippen LogP contribution < -0.4 is 14.8 Å². The van der Waals surface area contributed by atoms with Crippen LogP contribution in [0.3, 0.4) is 0 Å². The monoisotopic (exact) mass is 542 g/mol. The number of hydrogen-bond donors (Lipinski definition) is 1. The molecule has 0 bridgehead atoms. The zero-order valence-electron chi connectivity index (χ0n) is 21.3. The molecule has 2 heterocycles. The van der Waals surface area contributed by atoms with Crippen molar-refractivity contribution in [1.82, 2.24) is 14.6 Å². The number of nitrogens with one attached hydrogen (secondary N) is 1. The molecular formula is C28H26F4N4O3. The topological polar surface area (TPSA) is 77.8 Å². The molecule has 5 rings (SSSR count). The number of halogens is 4. The third-order valence-electron chi connectivity index (χ3n) is 6.52. The van der Waals surface area contributed by atoms with E-state index in [1.165, 1.54) is 36.0 Å². The molecule has 204 valence electrons. The average Bonchev–Trinajstić information content (AvgIpc) is 3.59. The maximum atomic E-state index is 14.6. The lowest BCUT2D eigenvalue weighted by Crippen LogP contribution is -2.15. The number of carbonyl (C=O) groups excluding carboxylic acids is 1. The summed E-state index contributed by atoms with van der Waals surface area (Å²) >= 11 is 0. The highest BCUT2D eigenvalue weighted by Crippen LogP contribution is 2.35. The van der Waals surface area contributed by atoms with Crippen LogP contribution in [-0.2, 0) is 0 Å². The lowest BCUT2D eigenvalue weighted by molar-refractivity contribution is -0.131. The first-order chi connectivity index (χ1) is 18.6. The number of methoxy groups -OCH3 is 1. The Kier molecular flexibility index (Phi) is 7.16. The van der Waals surface area contributed by atoms with Gasteiger partial charge in [-0.3, -0.25) is 4.79 Å². The van der Waals surface area contributed by atoms with E-state index < -0.39 is 25.0 Å². The van der Waals surface area contributed by atoms with Crippen LogP contribution >= 0.6 is 0 Å². The molecule has 1 saturated carbocycles. The molecule has 0 atom stereocenters. The first-order valence-corrected chi connectivity index (χ1v) is 12.5. The molecule has 1 fully saturated rings. The molecule has 0 unspecified atom stereocenters. The number of Topliss-reactive ketones (excluding diaryl/α,β-unsaturated/α-hetero) is 1. The van der Waals surface area contributed by atoms with Gasteiger partial charge in [0.15, 0.2) is 23.0 Å². The van der Waals surface area contributed by atoms with Crippen LogP contribution in [0.1, 0.15) is 41.6 Å². The SMILES string of the molecule is COc1ccc(Oc2cc(NCCC(F)(F)F)c3ncc(-c4ccc(C(=O)CC5CC5)c(C)c4)n3n2)c(F)c1. The van der Waals surface area contributed by atoms with Crippen LogP contribution in [0.15, 0.2) is 48.7 Å². The second-order valence-electron chi connectivity index (χ2n) is 9.57. The first kappa shape index (κ1) is 26.5. The molecule has 1 aliphatic carbocycles. The molecule has 4 aromatic rings. The Morgan fingerprint density at radius 3 is 2.62 bits per heavy atom.